The van der Waals surface area contributed by atoms with E-state index in [2.05, 4.69) is 382 Å². The Kier molecular flexibility index (Phi) is 90.8. The molecule has 10 aromatic carbocycles. The van der Waals surface area contributed by atoms with Gasteiger partial charge in [0.25, 0.3) is 0 Å². The molecule has 0 aliphatic carbocycles. The quantitative estimate of drug-likeness (QED) is 0.0459. The maximum Gasteiger partial charge on any atom is 0.116 e. The van der Waals surface area contributed by atoms with Gasteiger partial charge in [-0.3, -0.25) is 0 Å². The van der Waals surface area contributed by atoms with Crippen molar-refractivity contribution in [1.29, 1.82) is 0 Å². The molecule has 0 saturated heterocycles. The fraction of sp³-hybridized carbons (Fsp3) is 0.409. The third-order valence-electron chi connectivity index (χ3n) is 18.3. The molecule has 0 fully saturated rings. The molecule has 120 heavy (non-hydrogen) atoms. The predicted molar refractivity (Wildman–Crippen MR) is 518 cm³/mol. The number of methoxy groups -OCH3 is 5. The van der Waals surface area contributed by atoms with E-state index in [0.717, 1.165) is 37.9 Å². The number of benzene rings is 10. The van der Waals surface area contributed by atoms with Crippen LogP contribution in [0.1, 0.15) is 270 Å². The Hall–Kier alpha value is -9.65. The van der Waals surface area contributed by atoms with Crippen molar-refractivity contribution in [2.45, 2.75) is 227 Å². The summed E-state index contributed by atoms with van der Waals surface area (Å²) in [6.45, 7) is 25.7. The summed E-state index contributed by atoms with van der Waals surface area (Å²) in [7, 11) is 16.2. The highest BCUT2D eigenvalue weighted by Crippen LogP contribution is 2.37. The van der Waals surface area contributed by atoms with E-state index in [0.29, 0.717) is 47.3 Å². The first-order valence-corrected chi connectivity index (χ1v) is 42.8. The topological polar surface area (TPSA) is 132 Å². The highest BCUT2D eigenvalue weighted by molar-refractivity contribution is 5.45. The molecule has 0 aliphatic rings. The minimum atomic E-state index is 0.577. The van der Waals surface area contributed by atoms with Gasteiger partial charge in [-0.05, 0) is 202 Å². The van der Waals surface area contributed by atoms with Gasteiger partial charge in [-0.15, -0.1) is 0 Å². The van der Waals surface area contributed by atoms with Crippen molar-refractivity contribution >= 4 is 31.4 Å². The lowest BCUT2D eigenvalue weighted by atomic mass is 9.80. The van der Waals surface area contributed by atoms with Gasteiger partial charge in [0.05, 0.1) is 0 Å². The Morgan fingerprint density at radius 1 is 0.250 bits per heavy atom. The van der Waals surface area contributed by atoms with Gasteiger partial charge in [-0.25, -0.2) is 0 Å². The number of carbonyl (C=O) groups is 5. The summed E-state index contributed by atoms with van der Waals surface area (Å²) in [6.07, 6.45) is 21.2. The number of aldehydes is 5. The Balaban J connectivity index is -0.000000423. The lowest BCUT2D eigenvalue weighted by molar-refractivity contribution is -0.106. The molecule has 8 unspecified atom stereocenters. The molecule has 0 heterocycles. The van der Waals surface area contributed by atoms with Crippen LogP contribution in [0.25, 0.3) is 0 Å². The van der Waals surface area contributed by atoms with Gasteiger partial charge < -0.3 is 47.7 Å². The van der Waals surface area contributed by atoms with Crippen molar-refractivity contribution in [3.8, 4) is 0 Å². The standard InChI is InChI=1S/5C18H22.5C2H6O.5C2H4O/c1-15(17-9-5-3-6-10-17)13-14-16(2)18-11-7-4-8-12-18;1-3-16(18-12-8-5-9-13-18)14-15(2)17-10-6-4-7-11-17;1-3-10-18(17-13-8-5-9-14-17)15(2)16-11-6-4-7-12-16;1-2-9-17(18-12-7-4-8-13-18)15-14-16-10-5-3-6-11-16;1-2-3-12-18(17-13-8-5-9-14-17)15-16-10-6-4-7-11-16;5*1-3-2;5*1-2-3/h3-12,15-16H,13-14H2,1-2H3;4-13,15-16H,3,14H2,1-2H3;4-9,11-15,18H,3,10H2,1-2H3;3-8,10-13,17H,2,9,14-15H2,1H3;4-11,13-14,18H,2-3,12,15H2,1H3;5*1-2H3;5*2H,1H3. The zero-order valence-corrected chi connectivity index (χ0v) is 78.4. The molecule has 10 heteroatoms. The van der Waals surface area contributed by atoms with E-state index in [1.54, 1.807) is 71.1 Å². The summed E-state index contributed by atoms with van der Waals surface area (Å²) in [5.74, 6) is 5.16. The van der Waals surface area contributed by atoms with Crippen LogP contribution in [-0.4, -0.2) is 103 Å². The highest BCUT2D eigenvalue weighted by Gasteiger charge is 2.20. The minimum Gasteiger partial charge on any atom is -0.388 e. The summed E-state index contributed by atoms with van der Waals surface area (Å²) in [6, 6.07) is 109. The van der Waals surface area contributed by atoms with Crippen LogP contribution in [0.3, 0.4) is 0 Å². The average molecular weight is 1640 g/mol. The second-order valence-electron chi connectivity index (χ2n) is 28.3. The number of rotatable bonds is 27. The third kappa shape index (κ3) is 67.2. The van der Waals surface area contributed by atoms with Gasteiger partial charge in [0.1, 0.15) is 31.4 Å². The van der Waals surface area contributed by atoms with Crippen LogP contribution in [0.5, 0.6) is 0 Å². The van der Waals surface area contributed by atoms with E-state index in [9.17, 15) is 0 Å². The number of carbonyl (C=O) groups excluding carboxylic acids is 5. The summed E-state index contributed by atoms with van der Waals surface area (Å²) in [5, 5.41) is 0. The SMILES string of the molecule is CC(CCC(C)c1ccccc1)c1ccccc1.CC=O.CC=O.CC=O.CC=O.CC=O.CCC(CC(C)c1ccccc1)c1ccccc1.CCCC(CCc1ccccc1)c1ccccc1.CCCC(c1ccccc1)C(C)c1ccccc1.CCCCC(Cc1ccccc1)c1ccccc1.COC.COC.COC.COC.COC. The molecule has 8 atom stereocenters. The third-order valence-corrected chi connectivity index (χ3v) is 18.3. The van der Waals surface area contributed by atoms with Crippen LogP contribution in [0.2, 0.25) is 0 Å². The Labute approximate surface area is 732 Å². The molecule has 0 aromatic heterocycles. The second-order valence-corrected chi connectivity index (χ2v) is 28.3. The van der Waals surface area contributed by atoms with Crippen LogP contribution < -0.4 is 0 Å². The Bertz CT molecular complexity index is 3480. The van der Waals surface area contributed by atoms with Crippen molar-refractivity contribution in [2.75, 3.05) is 71.1 Å². The van der Waals surface area contributed by atoms with Gasteiger partial charge in [0.15, 0.2) is 0 Å². The van der Waals surface area contributed by atoms with Gasteiger partial charge in [0.2, 0.25) is 0 Å². The lowest BCUT2D eigenvalue weighted by Gasteiger charge is -2.24. The zero-order chi connectivity index (χ0) is 90.7. The average Bonchev–Trinajstić information content (AvgIpc) is 0.857. The zero-order valence-electron chi connectivity index (χ0n) is 78.4. The minimum absolute atomic E-state index is 0.577. The maximum absolute atomic E-state index is 8.81. The van der Waals surface area contributed by atoms with Crippen LogP contribution in [0.4, 0.5) is 0 Å². The highest BCUT2D eigenvalue weighted by atomic mass is 16.5. The van der Waals surface area contributed by atoms with Crippen molar-refractivity contribution < 1.29 is 47.7 Å². The van der Waals surface area contributed by atoms with Crippen molar-refractivity contribution in [2.24, 2.45) is 0 Å². The van der Waals surface area contributed by atoms with E-state index in [4.69, 9.17) is 24.0 Å². The van der Waals surface area contributed by atoms with Crippen LogP contribution in [0, 0.1) is 0 Å². The summed E-state index contributed by atoms with van der Waals surface area (Å²) in [5.41, 5.74) is 14.6. The number of hydrogen-bond acceptors (Lipinski definition) is 10. The molecule has 660 valence electrons. The Morgan fingerprint density at radius 3 is 0.775 bits per heavy atom. The molecule has 0 bridgehead atoms. The van der Waals surface area contributed by atoms with E-state index in [1.165, 1.54) is 174 Å². The first kappa shape index (κ1) is 119. The van der Waals surface area contributed by atoms with Crippen LogP contribution >= 0.6 is 0 Å². The maximum atomic E-state index is 8.81. The molecule has 0 saturated carbocycles. The summed E-state index contributed by atoms with van der Waals surface area (Å²) < 4.78 is 21.2. The van der Waals surface area contributed by atoms with E-state index < -0.39 is 0 Å². The summed E-state index contributed by atoms with van der Waals surface area (Å²) >= 11 is 0. The van der Waals surface area contributed by atoms with Gasteiger partial charge >= 0.3 is 0 Å². The second kappa shape index (κ2) is 91.7. The molecular formula is C110H160O10. The monoisotopic (exact) mass is 1640 g/mol. The van der Waals surface area contributed by atoms with E-state index >= 15 is 0 Å². The summed E-state index contributed by atoms with van der Waals surface area (Å²) in [4.78, 5) is 44.0. The molecule has 0 amide bonds. The van der Waals surface area contributed by atoms with Crippen molar-refractivity contribution in [1.82, 2.24) is 0 Å². The molecule has 0 aliphatic heterocycles. The first-order valence-electron chi connectivity index (χ1n) is 42.8. The lowest BCUT2D eigenvalue weighted by Crippen LogP contribution is -2.08. The molecule has 10 rings (SSSR count). The van der Waals surface area contributed by atoms with Gasteiger partial charge in [-0.2, -0.15) is 0 Å². The molecule has 10 nitrogen and oxygen atoms in total. The number of hydrogen-bond donors (Lipinski definition) is 0. The molecule has 0 spiro atoms. The first-order chi connectivity index (χ1) is 58.3. The normalized spacial score (nSPS) is 11.3. The number of ether oxygens (including phenoxy) is 5. The fourth-order valence-electron chi connectivity index (χ4n) is 12.7. The van der Waals surface area contributed by atoms with Crippen molar-refractivity contribution in [3.05, 3.63) is 359 Å². The predicted octanol–water partition coefficient (Wildman–Crippen LogP) is 28.9. The molecular weight excluding hydrogens is 1480 g/mol. The largest absolute Gasteiger partial charge is 0.388 e. The smallest absolute Gasteiger partial charge is 0.116 e. The van der Waals surface area contributed by atoms with Gasteiger partial charge in [0, 0.05) is 71.1 Å². The molecule has 0 radical (unpaired) electrons. The van der Waals surface area contributed by atoms with Gasteiger partial charge in [-0.1, -0.05) is 384 Å². The number of aryl methyl sites for hydroxylation is 1. The Morgan fingerprint density at radius 2 is 0.492 bits per heavy atom. The number of unbranched alkanes of at least 4 members (excludes halogenated alkanes) is 1. The van der Waals surface area contributed by atoms with E-state index in [-0.39, 0.29) is 0 Å². The van der Waals surface area contributed by atoms with Crippen LogP contribution in [-0.2, 0) is 60.5 Å². The molecule has 0 N–H and O–H groups in total. The van der Waals surface area contributed by atoms with Crippen molar-refractivity contribution in [3.63, 3.8) is 0 Å². The fourth-order valence-corrected chi connectivity index (χ4v) is 12.7. The molecule has 10 aromatic rings. The van der Waals surface area contributed by atoms with E-state index in [1.807, 2.05) is 0 Å². The van der Waals surface area contributed by atoms with Crippen LogP contribution in [0.15, 0.2) is 303 Å².